The molecule has 0 aromatic heterocycles. The number of carbonyl (C=O) groups excluding carboxylic acids is 1. The highest BCUT2D eigenvalue weighted by Crippen LogP contribution is 2.26. The van der Waals surface area contributed by atoms with Crippen LogP contribution in [0.3, 0.4) is 0 Å². The molecule has 0 aliphatic heterocycles. The molecule has 18 heavy (non-hydrogen) atoms. The Hall–Kier alpha value is -1.51. The number of anilines is 1. The predicted octanol–water partition coefficient (Wildman–Crippen LogP) is 3.38. The third-order valence-electron chi connectivity index (χ3n) is 3.64. The Bertz CT molecular complexity index is 423. The zero-order valence-electron chi connectivity index (χ0n) is 11.2. The SMILES string of the molecule is COC(=O)c1cc(C)ccc1NCC1CCCC1. The number of carbonyl (C=O) groups is 1. The van der Waals surface area contributed by atoms with Crippen LogP contribution in [0.25, 0.3) is 0 Å². The maximum atomic E-state index is 11.7. The lowest BCUT2D eigenvalue weighted by atomic mass is 10.1. The Labute approximate surface area is 109 Å². The summed E-state index contributed by atoms with van der Waals surface area (Å²) in [6.45, 7) is 2.93. The lowest BCUT2D eigenvalue weighted by Crippen LogP contribution is -2.14. The molecule has 0 unspecified atom stereocenters. The van der Waals surface area contributed by atoms with Gasteiger partial charge in [-0.05, 0) is 37.8 Å². The number of esters is 1. The van der Waals surface area contributed by atoms with Crippen LogP contribution in [-0.2, 0) is 4.74 Å². The van der Waals surface area contributed by atoms with Gasteiger partial charge in [-0.1, -0.05) is 24.5 Å². The summed E-state index contributed by atoms with van der Waals surface area (Å²) < 4.78 is 4.82. The van der Waals surface area contributed by atoms with Gasteiger partial charge in [-0.15, -0.1) is 0 Å². The van der Waals surface area contributed by atoms with E-state index in [1.807, 2.05) is 25.1 Å². The summed E-state index contributed by atoms with van der Waals surface area (Å²) in [5.41, 5.74) is 2.59. The molecule has 3 nitrogen and oxygen atoms in total. The molecule has 0 heterocycles. The van der Waals surface area contributed by atoms with Gasteiger partial charge in [-0.2, -0.15) is 0 Å². The fourth-order valence-corrected chi connectivity index (χ4v) is 2.56. The minimum absolute atomic E-state index is 0.271. The maximum Gasteiger partial charge on any atom is 0.339 e. The Morgan fingerprint density at radius 1 is 1.39 bits per heavy atom. The normalized spacial score (nSPS) is 15.7. The van der Waals surface area contributed by atoms with Gasteiger partial charge in [-0.3, -0.25) is 0 Å². The molecule has 3 heteroatoms. The Balaban J connectivity index is 2.08. The number of aryl methyl sites for hydroxylation is 1. The molecule has 0 saturated heterocycles. The van der Waals surface area contributed by atoms with E-state index in [-0.39, 0.29) is 5.97 Å². The molecule has 0 amide bonds. The van der Waals surface area contributed by atoms with Gasteiger partial charge in [0.05, 0.1) is 12.7 Å². The molecule has 1 N–H and O–H groups in total. The molecule has 1 aromatic rings. The summed E-state index contributed by atoms with van der Waals surface area (Å²) in [5, 5.41) is 3.40. The van der Waals surface area contributed by atoms with E-state index in [1.165, 1.54) is 32.8 Å². The highest BCUT2D eigenvalue weighted by molar-refractivity contribution is 5.95. The minimum Gasteiger partial charge on any atom is -0.465 e. The van der Waals surface area contributed by atoms with E-state index in [9.17, 15) is 4.79 Å². The first-order valence-corrected chi connectivity index (χ1v) is 6.63. The lowest BCUT2D eigenvalue weighted by molar-refractivity contribution is 0.0601. The maximum absolute atomic E-state index is 11.7. The molecule has 1 aliphatic carbocycles. The molecule has 0 bridgehead atoms. The van der Waals surface area contributed by atoms with Gasteiger partial charge in [0.2, 0.25) is 0 Å². The van der Waals surface area contributed by atoms with Crippen LogP contribution < -0.4 is 5.32 Å². The summed E-state index contributed by atoms with van der Waals surface area (Å²) in [7, 11) is 1.42. The van der Waals surface area contributed by atoms with E-state index in [1.54, 1.807) is 0 Å². The van der Waals surface area contributed by atoms with Gasteiger partial charge >= 0.3 is 5.97 Å². The number of ether oxygens (including phenoxy) is 1. The predicted molar refractivity (Wildman–Crippen MR) is 73.0 cm³/mol. The molecule has 98 valence electrons. The second kappa shape index (κ2) is 5.89. The second-order valence-electron chi connectivity index (χ2n) is 5.07. The third-order valence-corrected chi connectivity index (χ3v) is 3.64. The largest absolute Gasteiger partial charge is 0.465 e. The van der Waals surface area contributed by atoms with Crippen molar-refractivity contribution >= 4 is 11.7 Å². The van der Waals surface area contributed by atoms with E-state index >= 15 is 0 Å². The van der Waals surface area contributed by atoms with Crippen molar-refractivity contribution in [3.05, 3.63) is 29.3 Å². The molecular weight excluding hydrogens is 226 g/mol. The average molecular weight is 247 g/mol. The van der Waals surface area contributed by atoms with Crippen molar-refractivity contribution in [1.29, 1.82) is 0 Å². The zero-order chi connectivity index (χ0) is 13.0. The smallest absolute Gasteiger partial charge is 0.339 e. The fourth-order valence-electron chi connectivity index (χ4n) is 2.56. The summed E-state index contributed by atoms with van der Waals surface area (Å²) in [6.07, 6.45) is 5.27. The molecule has 1 saturated carbocycles. The number of hydrogen-bond donors (Lipinski definition) is 1. The summed E-state index contributed by atoms with van der Waals surface area (Å²) in [5.74, 6) is 0.476. The first-order valence-electron chi connectivity index (χ1n) is 6.63. The van der Waals surface area contributed by atoms with Gasteiger partial charge < -0.3 is 10.1 Å². The van der Waals surface area contributed by atoms with Crippen molar-refractivity contribution in [2.45, 2.75) is 32.6 Å². The van der Waals surface area contributed by atoms with Crippen molar-refractivity contribution in [2.75, 3.05) is 19.0 Å². The number of hydrogen-bond acceptors (Lipinski definition) is 3. The number of benzene rings is 1. The molecular formula is C15H21NO2. The fraction of sp³-hybridized carbons (Fsp3) is 0.533. The van der Waals surface area contributed by atoms with Crippen LogP contribution in [-0.4, -0.2) is 19.6 Å². The number of rotatable bonds is 4. The highest BCUT2D eigenvalue weighted by atomic mass is 16.5. The van der Waals surface area contributed by atoms with Gasteiger partial charge in [-0.25, -0.2) is 4.79 Å². The summed E-state index contributed by atoms with van der Waals surface area (Å²) >= 11 is 0. The molecule has 0 spiro atoms. The molecule has 1 fully saturated rings. The molecule has 2 rings (SSSR count). The lowest BCUT2D eigenvalue weighted by Gasteiger charge is -2.14. The molecule has 0 atom stereocenters. The monoisotopic (exact) mass is 247 g/mol. The van der Waals surface area contributed by atoms with E-state index in [2.05, 4.69) is 5.32 Å². The minimum atomic E-state index is -0.271. The summed E-state index contributed by atoms with van der Waals surface area (Å²) in [6, 6.07) is 5.86. The number of methoxy groups -OCH3 is 1. The van der Waals surface area contributed by atoms with Crippen LogP contribution in [0, 0.1) is 12.8 Å². The van der Waals surface area contributed by atoms with Gasteiger partial charge in [0.1, 0.15) is 0 Å². The van der Waals surface area contributed by atoms with Crippen LogP contribution in [0.4, 0.5) is 5.69 Å². The quantitative estimate of drug-likeness (QED) is 0.829. The van der Waals surface area contributed by atoms with E-state index < -0.39 is 0 Å². The van der Waals surface area contributed by atoms with Crippen molar-refractivity contribution < 1.29 is 9.53 Å². The van der Waals surface area contributed by atoms with Crippen molar-refractivity contribution in [1.82, 2.24) is 0 Å². The van der Waals surface area contributed by atoms with Gasteiger partial charge in [0.25, 0.3) is 0 Å². The topological polar surface area (TPSA) is 38.3 Å². The summed E-state index contributed by atoms with van der Waals surface area (Å²) in [4.78, 5) is 11.7. The van der Waals surface area contributed by atoms with Crippen molar-refractivity contribution in [2.24, 2.45) is 5.92 Å². The van der Waals surface area contributed by atoms with E-state index in [0.717, 1.165) is 23.7 Å². The standard InChI is InChI=1S/C15H21NO2/c1-11-7-8-14(13(9-11)15(17)18-2)16-10-12-5-3-4-6-12/h7-9,12,16H,3-6,10H2,1-2H3. The molecule has 0 radical (unpaired) electrons. The van der Waals surface area contributed by atoms with Gasteiger partial charge in [0, 0.05) is 12.2 Å². The zero-order valence-corrected chi connectivity index (χ0v) is 11.2. The van der Waals surface area contributed by atoms with Crippen LogP contribution in [0.15, 0.2) is 18.2 Å². The highest BCUT2D eigenvalue weighted by Gasteiger charge is 2.16. The second-order valence-corrected chi connectivity index (χ2v) is 5.07. The van der Waals surface area contributed by atoms with Crippen molar-refractivity contribution in [3.63, 3.8) is 0 Å². The van der Waals surface area contributed by atoms with Gasteiger partial charge in [0.15, 0.2) is 0 Å². The Kier molecular flexibility index (Phi) is 4.24. The number of nitrogens with one attached hydrogen (secondary N) is 1. The van der Waals surface area contributed by atoms with Crippen LogP contribution >= 0.6 is 0 Å². The molecule has 1 aliphatic rings. The first-order chi connectivity index (χ1) is 8.70. The van der Waals surface area contributed by atoms with E-state index in [0.29, 0.717) is 5.56 Å². The third kappa shape index (κ3) is 3.03. The first kappa shape index (κ1) is 12.9. The van der Waals surface area contributed by atoms with Crippen LogP contribution in [0.2, 0.25) is 0 Å². The van der Waals surface area contributed by atoms with Crippen LogP contribution in [0.1, 0.15) is 41.6 Å². The Morgan fingerprint density at radius 3 is 2.78 bits per heavy atom. The van der Waals surface area contributed by atoms with Crippen LogP contribution in [0.5, 0.6) is 0 Å². The van der Waals surface area contributed by atoms with Crippen molar-refractivity contribution in [3.8, 4) is 0 Å². The Morgan fingerprint density at radius 2 is 2.11 bits per heavy atom. The average Bonchev–Trinajstić information content (AvgIpc) is 2.89. The molecule has 1 aromatic carbocycles. The van der Waals surface area contributed by atoms with E-state index in [4.69, 9.17) is 4.74 Å².